The van der Waals surface area contributed by atoms with Crippen molar-refractivity contribution in [1.82, 2.24) is 5.32 Å². The van der Waals surface area contributed by atoms with E-state index in [-0.39, 0.29) is 18.9 Å². The molecule has 0 aliphatic carbocycles. The number of aliphatic hydroxyl groups is 1. The molecule has 0 aromatic heterocycles. The van der Waals surface area contributed by atoms with E-state index in [1.807, 2.05) is 19.1 Å². The summed E-state index contributed by atoms with van der Waals surface area (Å²) in [6, 6.07) is 3.71. The molecule has 0 heterocycles. The largest absolute Gasteiger partial charge is 0.493 e. The van der Waals surface area contributed by atoms with Gasteiger partial charge in [0.2, 0.25) is 5.91 Å². The highest BCUT2D eigenvalue weighted by atomic mass is 16.5. The van der Waals surface area contributed by atoms with E-state index in [2.05, 4.69) is 5.32 Å². The molecular weight excluding hydrogens is 234 g/mol. The van der Waals surface area contributed by atoms with Gasteiger partial charge in [-0.3, -0.25) is 4.79 Å². The molecule has 0 saturated carbocycles. The van der Waals surface area contributed by atoms with E-state index >= 15 is 0 Å². The molecule has 0 radical (unpaired) electrons. The Balaban J connectivity index is 2.79. The van der Waals surface area contributed by atoms with Crippen molar-refractivity contribution in [2.75, 3.05) is 20.8 Å². The van der Waals surface area contributed by atoms with Crippen molar-refractivity contribution < 1.29 is 19.4 Å². The fourth-order valence-electron chi connectivity index (χ4n) is 1.60. The first-order valence-electron chi connectivity index (χ1n) is 5.71. The van der Waals surface area contributed by atoms with Gasteiger partial charge in [-0.25, -0.2) is 0 Å². The number of methoxy groups -OCH3 is 2. The molecule has 0 aliphatic heterocycles. The van der Waals surface area contributed by atoms with Crippen LogP contribution in [0.5, 0.6) is 11.5 Å². The van der Waals surface area contributed by atoms with Gasteiger partial charge in [-0.15, -0.1) is 0 Å². The molecular formula is C13H19NO4. The molecule has 18 heavy (non-hydrogen) atoms. The number of carbonyl (C=O) groups excluding carboxylic acids is 1. The normalized spacial score (nSPS) is 10.0. The van der Waals surface area contributed by atoms with Gasteiger partial charge >= 0.3 is 0 Å². The lowest BCUT2D eigenvalue weighted by Crippen LogP contribution is -2.23. The minimum atomic E-state index is -0.174. The smallest absolute Gasteiger partial charge is 0.222 e. The molecule has 5 nitrogen and oxygen atoms in total. The molecule has 1 rings (SSSR count). The summed E-state index contributed by atoms with van der Waals surface area (Å²) in [5, 5.41) is 11.4. The maximum absolute atomic E-state index is 11.3. The number of aryl methyl sites for hydroxylation is 1. The lowest BCUT2D eigenvalue weighted by molar-refractivity contribution is -0.121. The lowest BCUT2D eigenvalue weighted by Gasteiger charge is -2.13. The van der Waals surface area contributed by atoms with E-state index < -0.39 is 0 Å². The van der Waals surface area contributed by atoms with Crippen molar-refractivity contribution in [1.29, 1.82) is 0 Å². The second-order valence-electron chi connectivity index (χ2n) is 3.88. The minimum absolute atomic E-state index is 0.117. The van der Waals surface area contributed by atoms with Gasteiger partial charge in [-0.05, 0) is 30.2 Å². The highest BCUT2D eigenvalue weighted by Gasteiger charge is 2.09. The third-order valence-corrected chi connectivity index (χ3v) is 2.66. The van der Waals surface area contributed by atoms with Gasteiger partial charge in [0.05, 0.1) is 20.8 Å². The van der Waals surface area contributed by atoms with Gasteiger partial charge < -0.3 is 19.9 Å². The highest BCUT2D eigenvalue weighted by molar-refractivity contribution is 5.76. The van der Waals surface area contributed by atoms with Crippen molar-refractivity contribution in [3.05, 3.63) is 23.3 Å². The van der Waals surface area contributed by atoms with Crippen LogP contribution in [0.15, 0.2) is 12.1 Å². The zero-order valence-electron chi connectivity index (χ0n) is 10.9. The van der Waals surface area contributed by atoms with Crippen molar-refractivity contribution >= 4 is 5.91 Å². The fourth-order valence-corrected chi connectivity index (χ4v) is 1.60. The third kappa shape index (κ3) is 3.63. The first-order valence-corrected chi connectivity index (χ1v) is 5.71. The SMILES string of the molecule is COc1cc(C)c(CNC(=O)CCO)cc1OC. The maximum Gasteiger partial charge on any atom is 0.222 e. The standard InChI is InChI=1S/C13H19NO4/c1-9-6-11(17-2)12(18-3)7-10(9)8-14-13(16)4-5-15/h6-7,15H,4-5,8H2,1-3H3,(H,14,16). The van der Waals surface area contributed by atoms with Crippen LogP contribution in [-0.4, -0.2) is 31.8 Å². The Morgan fingerprint density at radius 2 is 1.89 bits per heavy atom. The Labute approximate surface area is 107 Å². The van der Waals surface area contributed by atoms with Crippen molar-refractivity contribution in [3.8, 4) is 11.5 Å². The molecule has 0 unspecified atom stereocenters. The summed E-state index contributed by atoms with van der Waals surface area (Å²) >= 11 is 0. The van der Waals surface area contributed by atoms with Crippen LogP contribution in [0.25, 0.3) is 0 Å². The average Bonchev–Trinajstić information content (AvgIpc) is 2.37. The number of benzene rings is 1. The van der Waals surface area contributed by atoms with Gasteiger partial charge in [0.1, 0.15) is 0 Å². The van der Waals surface area contributed by atoms with E-state index in [0.29, 0.717) is 18.0 Å². The minimum Gasteiger partial charge on any atom is -0.493 e. The molecule has 0 saturated heterocycles. The number of carbonyl (C=O) groups is 1. The molecule has 0 fully saturated rings. The Morgan fingerprint density at radius 1 is 1.28 bits per heavy atom. The van der Waals surface area contributed by atoms with Gasteiger partial charge in [0.15, 0.2) is 11.5 Å². The Morgan fingerprint density at radius 3 is 2.44 bits per heavy atom. The second-order valence-corrected chi connectivity index (χ2v) is 3.88. The molecule has 1 amide bonds. The van der Waals surface area contributed by atoms with Crippen LogP contribution < -0.4 is 14.8 Å². The summed E-state index contributed by atoms with van der Waals surface area (Å²) < 4.78 is 10.4. The summed E-state index contributed by atoms with van der Waals surface area (Å²) in [6.45, 7) is 2.21. The van der Waals surface area contributed by atoms with E-state index in [4.69, 9.17) is 14.6 Å². The van der Waals surface area contributed by atoms with Crippen LogP contribution >= 0.6 is 0 Å². The van der Waals surface area contributed by atoms with Crippen molar-refractivity contribution in [2.45, 2.75) is 19.9 Å². The predicted molar refractivity (Wildman–Crippen MR) is 67.8 cm³/mol. The Kier molecular flexibility index (Phi) is 5.45. The third-order valence-electron chi connectivity index (χ3n) is 2.66. The van der Waals surface area contributed by atoms with Crippen LogP contribution in [-0.2, 0) is 11.3 Å². The number of nitrogens with one attached hydrogen (secondary N) is 1. The maximum atomic E-state index is 11.3. The quantitative estimate of drug-likeness (QED) is 0.794. The molecule has 0 bridgehead atoms. The van der Waals surface area contributed by atoms with Crippen molar-refractivity contribution in [3.63, 3.8) is 0 Å². The lowest BCUT2D eigenvalue weighted by atomic mass is 10.1. The van der Waals surface area contributed by atoms with Crippen LogP contribution in [0.1, 0.15) is 17.5 Å². The highest BCUT2D eigenvalue weighted by Crippen LogP contribution is 2.30. The van der Waals surface area contributed by atoms with Crippen LogP contribution in [0.2, 0.25) is 0 Å². The molecule has 100 valence electrons. The molecule has 0 aliphatic rings. The fraction of sp³-hybridized carbons (Fsp3) is 0.462. The van der Waals surface area contributed by atoms with Gasteiger partial charge in [-0.2, -0.15) is 0 Å². The van der Waals surface area contributed by atoms with Gasteiger partial charge in [0, 0.05) is 13.0 Å². The topological polar surface area (TPSA) is 67.8 Å². The zero-order chi connectivity index (χ0) is 13.5. The summed E-state index contributed by atoms with van der Waals surface area (Å²) in [4.78, 5) is 11.3. The number of aliphatic hydroxyl groups excluding tert-OH is 1. The number of hydrogen-bond donors (Lipinski definition) is 2. The molecule has 0 atom stereocenters. The first-order chi connectivity index (χ1) is 8.62. The molecule has 0 spiro atoms. The second kappa shape index (κ2) is 6.86. The number of amides is 1. The summed E-state index contributed by atoms with van der Waals surface area (Å²) in [5.41, 5.74) is 1.97. The van der Waals surface area contributed by atoms with E-state index in [9.17, 15) is 4.79 Å². The number of hydrogen-bond acceptors (Lipinski definition) is 4. The van der Waals surface area contributed by atoms with Crippen molar-refractivity contribution in [2.24, 2.45) is 0 Å². The first kappa shape index (κ1) is 14.3. The van der Waals surface area contributed by atoms with Crippen LogP contribution in [0.3, 0.4) is 0 Å². The Bertz CT molecular complexity index is 418. The number of rotatable bonds is 6. The predicted octanol–water partition coefficient (Wildman–Crippen LogP) is 1.01. The zero-order valence-corrected chi connectivity index (χ0v) is 10.9. The summed E-state index contributed by atoms with van der Waals surface area (Å²) in [6.07, 6.45) is 0.117. The van der Waals surface area contributed by atoms with E-state index in [0.717, 1.165) is 11.1 Å². The molecule has 5 heteroatoms. The molecule has 2 N–H and O–H groups in total. The Hall–Kier alpha value is -1.75. The van der Waals surface area contributed by atoms with E-state index in [1.54, 1.807) is 14.2 Å². The molecule has 1 aromatic rings. The molecule has 1 aromatic carbocycles. The van der Waals surface area contributed by atoms with Crippen LogP contribution in [0.4, 0.5) is 0 Å². The average molecular weight is 253 g/mol. The number of ether oxygens (including phenoxy) is 2. The van der Waals surface area contributed by atoms with Gasteiger partial charge in [-0.1, -0.05) is 0 Å². The van der Waals surface area contributed by atoms with Crippen LogP contribution in [0, 0.1) is 6.92 Å². The van der Waals surface area contributed by atoms with E-state index in [1.165, 1.54) is 0 Å². The summed E-state index contributed by atoms with van der Waals surface area (Å²) in [5.74, 6) is 1.13. The van der Waals surface area contributed by atoms with Gasteiger partial charge in [0.25, 0.3) is 0 Å². The summed E-state index contributed by atoms with van der Waals surface area (Å²) in [7, 11) is 3.15. The monoisotopic (exact) mass is 253 g/mol.